The van der Waals surface area contributed by atoms with Crippen LogP contribution in [0.25, 0.3) is 0 Å². The standard InChI is InChI=1S/C12H10N2O3/c1-8-6-7-13-12(14-8)17-10-5-3-2-4-9(10)11(15)16/h2-7H,1H3,(H,15,16). The molecular formula is C12H10N2O3. The van der Waals surface area contributed by atoms with Crippen LogP contribution >= 0.6 is 0 Å². The van der Waals surface area contributed by atoms with Gasteiger partial charge in [0, 0.05) is 11.9 Å². The van der Waals surface area contributed by atoms with Crippen LogP contribution in [0.2, 0.25) is 0 Å². The van der Waals surface area contributed by atoms with Gasteiger partial charge in [0.2, 0.25) is 0 Å². The summed E-state index contributed by atoms with van der Waals surface area (Å²) in [5.41, 5.74) is 0.834. The van der Waals surface area contributed by atoms with Gasteiger partial charge in [-0.15, -0.1) is 0 Å². The van der Waals surface area contributed by atoms with E-state index >= 15 is 0 Å². The highest BCUT2D eigenvalue weighted by atomic mass is 16.5. The average Bonchev–Trinajstić information content (AvgIpc) is 2.29. The van der Waals surface area contributed by atoms with Crippen molar-refractivity contribution in [3.8, 4) is 11.8 Å². The van der Waals surface area contributed by atoms with Crippen molar-refractivity contribution in [2.45, 2.75) is 6.92 Å². The number of carboxylic acids is 1. The molecule has 5 nitrogen and oxygen atoms in total. The Labute approximate surface area is 97.7 Å². The number of hydrogen-bond acceptors (Lipinski definition) is 4. The van der Waals surface area contributed by atoms with E-state index in [1.54, 1.807) is 37.4 Å². The van der Waals surface area contributed by atoms with Crippen molar-refractivity contribution >= 4 is 5.97 Å². The number of ether oxygens (including phenoxy) is 1. The molecule has 0 unspecified atom stereocenters. The summed E-state index contributed by atoms with van der Waals surface area (Å²) >= 11 is 0. The number of carboxylic acid groups (broad SMARTS) is 1. The number of aryl methyl sites for hydroxylation is 1. The van der Waals surface area contributed by atoms with Crippen molar-refractivity contribution in [2.24, 2.45) is 0 Å². The first-order valence-corrected chi connectivity index (χ1v) is 4.96. The number of para-hydroxylation sites is 1. The largest absolute Gasteiger partial charge is 0.478 e. The topological polar surface area (TPSA) is 72.3 Å². The van der Waals surface area contributed by atoms with Crippen LogP contribution < -0.4 is 4.74 Å². The van der Waals surface area contributed by atoms with Crippen LogP contribution in [0, 0.1) is 6.92 Å². The number of aromatic nitrogens is 2. The Bertz CT molecular complexity index is 555. The molecule has 0 saturated heterocycles. The summed E-state index contributed by atoms with van der Waals surface area (Å²) in [4.78, 5) is 18.9. The highest BCUT2D eigenvalue weighted by Crippen LogP contribution is 2.22. The van der Waals surface area contributed by atoms with Crippen molar-refractivity contribution in [1.82, 2.24) is 9.97 Å². The molecule has 0 atom stereocenters. The minimum Gasteiger partial charge on any atom is -0.478 e. The second-order valence-corrected chi connectivity index (χ2v) is 3.38. The minimum atomic E-state index is -1.05. The predicted octanol–water partition coefficient (Wildman–Crippen LogP) is 2.28. The first kappa shape index (κ1) is 11.1. The van der Waals surface area contributed by atoms with Gasteiger partial charge in [0.15, 0.2) is 0 Å². The molecule has 0 bridgehead atoms. The van der Waals surface area contributed by atoms with Crippen LogP contribution in [-0.2, 0) is 0 Å². The van der Waals surface area contributed by atoms with E-state index < -0.39 is 5.97 Å². The van der Waals surface area contributed by atoms with Gasteiger partial charge in [-0.05, 0) is 25.1 Å². The van der Waals surface area contributed by atoms with Gasteiger partial charge in [-0.1, -0.05) is 12.1 Å². The third-order valence-corrected chi connectivity index (χ3v) is 2.09. The van der Waals surface area contributed by atoms with E-state index in [1.165, 1.54) is 6.07 Å². The Kier molecular flexibility index (Phi) is 3.00. The molecule has 0 amide bonds. The molecule has 0 aliphatic carbocycles. The van der Waals surface area contributed by atoms with Crippen molar-refractivity contribution in [1.29, 1.82) is 0 Å². The van der Waals surface area contributed by atoms with E-state index in [9.17, 15) is 4.79 Å². The quantitative estimate of drug-likeness (QED) is 0.875. The summed E-state index contributed by atoms with van der Waals surface area (Å²) in [6.45, 7) is 1.80. The second kappa shape index (κ2) is 4.61. The Hall–Kier alpha value is -2.43. The van der Waals surface area contributed by atoms with Crippen molar-refractivity contribution in [2.75, 3.05) is 0 Å². The molecule has 5 heteroatoms. The van der Waals surface area contributed by atoms with Crippen molar-refractivity contribution < 1.29 is 14.6 Å². The molecule has 2 rings (SSSR count). The van der Waals surface area contributed by atoms with Gasteiger partial charge in [-0.25, -0.2) is 14.8 Å². The van der Waals surface area contributed by atoms with Crippen LogP contribution in [0.15, 0.2) is 36.5 Å². The summed E-state index contributed by atoms with van der Waals surface area (Å²) in [5, 5.41) is 8.98. The van der Waals surface area contributed by atoms with Crippen molar-refractivity contribution in [3.05, 3.63) is 47.8 Å². The molecule has 1 heterocycles. The summed E-state index contributed by atoms with van der Waals surface area (Å²) in [5.74, 6) is -0.821. The zero-order chi connectivity index (χ0) is 12.3. The molecule has 0 fully saturated rings. The van der Waals surface area contributed by atoms with E-state index in [-0.39, 0.29) is 17.3 Å². The first-order valence-electron chi connectivity index (χ1n) is 4.96. The molecule has 0 radical (unpaired) electrons. The second-order valence-electron chi connectivity index (χ2n) is 3.38. The monoisotopic (exact) mass is 230 g/mol. The fourth-order valence-corrected chi connectivity index (χ4v) is 1.31. The summed E-state index contributed by atoms with van der Waals surface area (Å²) < 4.78 is 5.35. The zero-order valence-corrected chi connectivity index (χ0v) is 9.12. The van der Waals surface area contributed by atoms with Gasteiger partial charge in [0.1, 0.15) is 11.3 Å². The summed E-state index contributed by atoms with van der Waals surface area (Å²) in [6, 6.07) is 8.22. The highest BCUT2D eigenvalue weighted by Gasteiger charge is 2.11. The van der Waals surface area contributed by atoms with Gasteiger partial charge < -0.3 is 9.84 Å². The lowest BCUT2D eigenvalue weighted by atomic mass is 10.2. The molecule has 17 heavy (non-hydrogen) atoms. The summed E-state index contributed by atoms with van der Waals surface area (Å²) in [7, 11) is 0. The van der Waals surface area contributed by atoms with E-state index in [1.807, 2.05) is 0 Å². The number of hydrogen-bond donors (Lipinski definition) is 1. The van der Waals surface area contributed by atoms with Crippen LogP contribution in [0.3, 0.4) is 0 Å². The normalized spacial score (nSPS) is 9.94. The van der Waals surface area contributed by atoms with E-state index in [0.717, 1.165) is 5.69 Å². The Morgan fingerprint density at radius 2 is 2.06 bits per heavy atom. The molecule has 2 aromatic rings. The third-order valence-electron chi connectivity index (χ3n) is 2.09. The van der Waals surface area contributed by atoms with Gasteiger partial charge in [-0.3, -0.25) is 0 Å². The lowest BCUT2D eigenvalue weighted by Crippen LogP contribution is -2.01. The van der Waals surface area contributed by atoms with Gasteiger partial charge >= 0.3 is 12.0 Å². The molecule has 1 aromatic carbocycles. The fourth-order valence-electron chi connectivity index (χ4n) is 1.31. The zero-order valence-electron chi connectivity index (χ0n) is 9.12. The smallest absolute Gasteiger partial charge is 0.339 e. The number of carbonyl (C=O) groups is 1. The lowest BCUT2D eigenvalue weighted by Gasteiger charge is -2.06. The molecule has 0 spiro atoms. The fraction of sp³-hybridized carbons (Fsp3) is 0.0833. The third kappa shape index (κ3) is 2.57. The number of rotatable bonds is 3. The molecule has 0 saturated carbocycles. The number of nitrogens with zero attached hydrogens (tertiary/aromatic N) is 2. The maximum absolute atomic E-state index is 11.0. The Morgan fingerprint density at radius 3 is 2.76 bits per heavy atom. The number of aromatic carboxylic acids is 1. The molecule has 0 aliphatic rings. The average molecular weight is 230 g/mol. The maximum Gasteiger partial charge on any atom is 0.339 e. The maximum atomic E-state index is 11.0. The lowest BCUT2D eigenvalue weighted by molar-refractivity contribution is 0.0694. The number of benzene rings is 1. The van der Waals surface area contributed by atoms with Crippen molar-refractivity contribution in [3.63, 3.8) is 0 Å². The highest BCUT2D eigenvalue weighted by molar-refractivity contribution is 5.90. The van der Waals surface area contributed by atoms with Gasteiger partial charge in [0.25, 0.3) is 0 Å². The van der Waals surface area contributed by atoms with E-state index in [0.29, 0.717) is 0 Å². The van der Waals surface area contributed by atoms with E-state index in [4.69, 9.17) is 9.84 Å². The van der Waals surface area contributed by atoms with Gasteiger partial charge in [0.05, 0.1) is 0 Å². The van der Waals surface area contributed by atoms with E-state index in [2.05, 4.69) is 9.97 Å². The molecule has 86 valence electrons. The molecule has 0 aliphatic heterocycles. The first-order chi connectivity index (χ1) is 8.16. The molecular weight excluding hydrogens is 220 g/mol. The minimum absolute atomic E-state index is 0.0811. The van der Waals surface area contributed by atoms with Crippen LogP contribution in [0.5, 0.6) is 11.8 Å². The van der Waals surface area contributed by atoms with Crippen LogP contribution in [0.1, 0.15) is 16.1 Å². The molecule has 1 N–H and O–H groups in total. The van der Waals surface area contributed by atoms with Crippen LogP contribution in [-0.4, -0.2) is 21.0 Å². The molecule has 1 aromatic heterocycles. The summed E-state index contributed by atoms with van der Waals surface area (Å²) in [6.07, 6.45) is 1.56. The Morgan fingerprint density at radius 1 is 1.29 bits per heavy atom. The Balaban J connectivity index is 2.33. The predicted molar refractivity (Wildman–Crippen MR) is 60.2 cm³/mol. The SMILES string of the molecule is Cc1ccnc(Oc2ccccc2C(=O)O)n1. The van der Waals surface area contributed by atoms with Crippen LogP contribution in [0.4, 0.5) is 0 Å². The van der Waals surface area contributed by atoms with Gasteiger partial charge in [-0.2, -0.15) is 0 Å².